The highest BCUT2D eigenvalue weighted by atomic mass is 79.9. The SMILES string of the molecule is Cc1nn(C)c(NS(=O)(=O)c2ccc(Br)cc2F)c1N. The number of nitrogens with two attached hydrogens (primary N) is 1. The lowest BCUT2D eigenvalue weighted by Crippen LogP contribution is -2.17. The average molecular weight is 363 g/mol. The maximum Gasteiger partial charge on any atom is 0.266 e. The number of hydrogen-bond acceptors (Lipinski definition) is 4. The van der Waals surface area contributed by atoms with E-state index in [1.165, 1.54) is 16.8 Å². The largest absolute Gasteiger partial charge is 0.394 e. The first-order valence-electron chi connectivity index (χ1n) is 5.49. The van der Waals surface area contributed by atoms with Gasteiger partial charge >= 0.3 is 0 Å². The van der Waals surface area contributed by atoms with Gasteiger partial charge < -0.3 is 5.73 Å². The Morgan fingerprint density at radius 2 is 2.10 bits per heavy atom. The minimum Gasteiger partial charge on any atom is -0.394 e. The van der Waals surface area contributed by atoms with E-state index in [2.05, 4.69) is 25.8 Å². The van der Waals surface area contributed by atoms with E-state index >= 15 is 0 Å². The molecule has 0 spiro atoms. The zero-order chi connectivity index (χ0) is 15.1. The summed E-state index contributed by atoms with van der Waals surface area (Å²) in [5.74, 6) is -0.755. The number of nitrogens with zero attached hydrogens (tertiary/aromatic N) is 2. The molecule has 3 N–H and O–H groups in total. The van der Waals surface area contributed by atoms with Gasteiger partial charge in [-0.05, 0) is 25.1 Å². The Hall–Kier alpha value is -1.61. The fourth-order valence-corrected chi connectivity index (χ4v) is 3.17. The third-order valence-electron chi connectivity index (χ3n) is 2.68. The number of hydrogen-bond donors (Lipinski definition) is 2. The van der Waals surface area contributed by atoms with Crippen molar-refractivity contribution in [3.63, 3.8) is 0 Å². The van der Waals surface area contributed by atoms with Gasteiger partial charge in [0.15, 0.2) is 5.82 Å². The zero-order valence-electron chi connectivity index (χ0n) is 10.7. The van der Waals surface area contributed by atoms with E-state index < -0.39 is 20.7 Å². The smallest absolute Gasteiger partial charge is 0.266 e. The normalized spacial score (nSPS) is 11.6. The van der Waals surface area contributed by atoms with E-state index in [-0.39, 0.29) is 11.5 Å². The Bertz CT molecular complexity index is 773. The van der Waals surface area contributed by atoms with Crippen LogP contribution in [-0.2, 0) is 17.1 Å². The number of anilines is 2. The maximum atomic E-state index is 13.8. The summed E-state index contributed by atoms with van der Waals surface area (Å²) >= 11 is 3.07. The minimum atomic E-state index is -4.08. The van der Waals surface area contributed by atoms with Crippen LogP contribution in [0.25, 0.3) is 0 Å². The van der Waals surface area contributed by atoms with Crippen LogP contribution in [0.2, 0.25) is 0 Å². The number of nitrogen functional groups attached to an aromatic ring is 1. The number of aromatic nitrogens is 2. The second kappa shape index (κ2) is 5.06. The molecule has 2 aromatic rings. The van der Waals surface area contributed by atoms with Gasteiger partial charge in [-0.25, -0.2) is 17.5 Å². The fourth-order valence-electron chi connectivity index (χ4n) is 1.67. The second-order valence-corrected chi connectivity index (χ2v) is 6.72. The summed E-state index contributed by atoms with van der Waals surface area (Å²) in [6, 6.07) is 3.68. The van der Waals surface area contributed by atoms with Crippen LogP contribution in [0.5, 0.6) is 0 Å². The number of aryl methyl sites for hydroxylation is 2. The van der Waals surface area contributed by atoms with Crippen molar-refractivity contribution >= 4 is 37.5 Å². The highest BCUT2D eigenvalue weighted by molar-refractivity contribution is 9.10. The molecule has 1 heterocycles. The Balaban J connectivity index is 2.46. The van der Waals surface area contributed by atoms with Gasteiger partial charge in [0.25, 0.3) is 10.0 Å². The molecule has 0 aliphatic carbocycles. The van der Waals surface area contributed by atoms with Gasteiger partial charge in [0.1, 0.15) is 10.7 Å². The van der Waals surface area contributed by atoms with E-state index in [0.717, 1.165) is 6.07 Å². The molecular formula is C11H12BrFN4O2S. The number of benzene rings is 1. The van der Waals surface area contributed by atoms with Gasteiger partial charge in [-0.3, -0.25) is 4.72 Å². The third kappa shape index (κ3) is 2.63. The van der Waals surface area contributed by atoms with Crippen molar-refractivity contribution in [3.05, 3.63) is 34.2 Å². The molecular weight excluding hydrogens is 351 g/mol. The Labute approximate surface area is 124 Å². The lowest BCUT2D eigenvalue weighted by atomic mass is 10.3. The first-order valence-corrected chi connectivity index (χ1v) is 7.77. The molecule has 1 aromatic carbocycles. The molecule has 0 aliphatic heterocycles. The highest BCUT2D eigenvalue weighted by Gasteiger charge is 2.22. The van der Waals surface area contributed by atoms with Gasteiger partial charge in [-0.2, -0.15) is 5.10 Å². The molecule has 0 saturated heterocycles. The van der Waals surface area contributed by atoms with Crippen molar-refractivity contribution < 1.29 is 12.8 Å². The van der Waals surface area contributed by atoms with Crippen LogP contribution in [0.1, 0.15) is 5.69 Å². The quantitative estimate of drug-likeness (QED) is 0.873. The first kappa shape index (κ1) is 14.8. The molecule has 6 nitrogen and oxygen atoms in total. The van der Waals surface area contributed by atoms with Crippen LogP contribution in [0.15, 0.2) is 27.6 Å². The molecule has 0 atom stereocenters. The van der Waals surface area contributed by atoms with Crippen LogP contribution in [0.3, 0.4) is 0 Å². The number of halogens is 2. The van der Waals surface area contributed by atoms with Gasteiger partial charge in [-0.15, -0.1) is 0 Å². The average Bonchev–Trinajstić information content (AvgIpc) is 2.55. The summed E-state index contributed by atoms with van der Waals surface area (Å²) in [6.45, 7) is 1.65. The van der Waals surface area contributed by atoms with Gasteiger partial charge in [-0.1, -0.05) is 15.9 Å². The molecule has 0 bridgehead atoms. The van der Waals surface area contributed by atoms with E-state index in [0.29, 0.717) is 10.2 Å². The maximum absolute atomic E-state index is 13.8. The van der Waals surface area contributed by atoms with Crippen molar-refractivity contribution in [2.45, 2.75) is 11.8 Å². The second-order valence-electron chi connectivity index (χ2n) is 4.15. The highest BCUT2D eigenvalue weighted by Crippen LogP contribution is 2.26. The fraction of sp³-hybridized carbons (Fsp3) is 0.182. The molecule has 0 aliphatic rings. The standard InChI is InChI=1S/C11H12BrFN4O2S/c1-6-10(14)11(17(2)15-6)16-20(18,19)9-4-3-7(12)5-8(9)13/h3-5,16H,14H2,1-2H3. The topological polar surface area (TPSA) is 90.0 Å². The van der Waals surface area contributed by atoms with Crippen molar-refractivity contribution in [2.75, 3.05) is 10.5 Å². The van der Waals surface area contributed by atoms with Crippen molar-refractivity contribution in [1.82, 2.24) is 9.78 Å². The minimum absolute atomic E-state index is 0.102. The molecule has 0 unspecified atom stereocenters. The summed E-state index contributed by atoms with van der Waals surface area (Å²) in [5.41, 5.74) is 6.43. The molecule has 20 heavy (non-hydrogen) atoms. The lowest BCUT2D eigenvalue weighted by Gasteiger charge is -2.10. The Morgan fingerprint density at radius 3 is 2.60 bits per heavy atom. The zero-order valence-corrected chi connectivity index (χ0v) is 13.1. The van der Waals surface area contributed by atoms with E-state index in [4.69, 9.17) is 5.73 Å². The molecule has 0 saturated carbocycles. The summed E-state index contributed by atoms with van der Waals surface area (Å²) in [4.78, 5) is -0.459. The predicted octanol–water partition coefficient (Wildman–Crippen LogP) is 2.01. The van der Waals surface area contributed by atoms with Crippen LogP contribution in [-0.4, -0.2) is 18.2 Å². The first-order chi connectivity index (χ1) is 9.22. The molecule has 2 rings (SSSR count). The molecule has 0 radical (unpaired) electrons. The van der Waals surface area contributed by atoms with Gasteiger partial charge in [0, 0.05) is 11.5 Å². The van der Waals surface area contributed by atoms with E-state index in [1.54, 1.807) is 14.0 Å². The number of nitrogens with one attached hydrogen (secondary N) is 1. The molecule has 9 heteroatoms. The number of rotatable bonds is 3. The summed E-state index contributed by atoms with van der Waals surface area (Å²) in [6.07, 6.45) is 0. The van der Waals surface area contributed by atoms with Crippen LogP contribution in [0.4, 0.5) is 15.9 Å². The van der Waals surface area contributed by atoms with Crippen LogP contribution >= 0.6 is 15.9 Å². The van der Waals surface area contributed by atoms with Crippen molar-refractivity contribution in [3.8, 4) is 0 Å². The van der Waals surface area contributed by atoms with E-state index in [9.17, 15) is 12.8 Å². The van der Waals surface area contributed by atoms with Crippen LogP contribution in [0, 0.1) is 12.7 Å². The van der Waals surface area contributed by atoms with E-state index in [1.807, 2.05) is 0 Å². The monoisotopic (exact) mass is 362 g/mol. The molecule has 0 amide bonds. The van der Waals surface area contributed by atoms with Crippen molar-refractivity contribution in [1.29, 1.82) is 0 Å². The van der Waals surface area contributed by atoms with Gasteiger partial charge in [0.05, 0.1) is 11.4 Å². The summed E-state index contributed by atoms with van der Waals surface area (Å²) in [5, 5.41) is 3.99. The molecule has 108 valence electrons. The predicted molar refractivity (Wildman–Crippen MR) is 77.3 cm³/mol. The lowest BCUT2D eigenvalue weighted by molar-refractivity contribution is 0.569. The third-order valence-corrected chi connectivity index (χ3v) is 4.55. The molecule has 0 fully saturated rings. The Kier molecular flexibility index (Phi) is 3.74. The summed E-state index contributed by atoms with van der Waals surface area (Å²) < 4.78 is 42.1. The van der Waals surface area contributed by atoms with Crippen LogP contribution < -0.4 is 10.5 Å². The number of sulfonamides is 1. The van der Waals surface area contributed by atoms with Crippen molar-refractivity contribution in [2.24, 2.45) is 7.05 Å². The summed E-state index contributed by atoms with van der Waals surface area (Å²) in [7, 11) is -2.54. The van der Waals surface area contributed by atoms with Gasteiger partial charge in [0.2, 0.25) is 0 Å². The molecule has 1 aromatic heterocycles. The Morgan fingerprint density at radius 1 is 1.45 bits per heavy atom.